The van der Waals surface area contributed by atoms with Crippen LogP contribution in [0.3, 0.4) is 0 Å². The highest BCUT2D eigenvalue weighted by Crippen LogP contribution is 2.29. The van der Waals surface area contributed by atoms with Crippen LogP contribution < -0.4 is 9.62 Å². The highest BCUT2D eigenvalue weighted by atomic mass is 35.5. The summed E-state index contributed by atoms with van der Waals surface area (Å²) in [7, 11) is -3.87. The van der Waals surface area contributed by atoms with E-state index < -0.39 is 10.0 Å². The molecule has 0 radical (unpaired) electrons. The predicted octanol–water partition coefficient (Wildman–Crippen LogP) is 4.15. The van der Waals surface area contributed by atoms with E-state index in [1.54, 1.807) is 55.5 Å². The minimum Gasteiger partial charge on any atom is -0.394 e. The Hall–Kier alpha value is -2.87. The van der Waals surface area contributed by atoms with E-state index in [9.17, 15) is 13.2 Å². The minimum atomic E-state index is -3.87. The lowest BCUT2D eigenvalue weighted by Crippen LogP contribution is -2.35. The molecule has 0 heterocycles. The number of anilines is 1. The topological polar surface area (TPSA) is 86.7 Å². The number of carbonyl (C=O) groups excluding carboxylic acids is 1. The third-order valence-electron chi connectivity index (χ3n) is 4.98. The average molecular weight is 473 g/mol. The molecule has 6 nitrogen and oxygen atoms in total. The number of aryl methyl sites for hydroxylation is 1. The summed E-state index contributed by atoms with van der Waals surface area (Å²) in [5.41, 5.74) is 2.54. The number of benzene rings is 3. The fourth-order valence-corrected chi connectivity index (χ4v) is 4.80. The number of sulfonamides is 1. The number of nitrogens with zero attached hydrogens (tertiary/aromatic N) is 1. The van der Waals surface area contributed by atoms with E-state index in [0.717, 1.165) is 11.1 Å². The number of aliphatic hydroxyl groups is 1. The fraction of sp³-hybridized carbons (Fsp3) is 0.208. The molecule has 32 heavy (non-hydrogen) atoms. The number of para-hydroxylation sites is 1. The van der Waals surface area contributed by atoms with E-state index in [1.807, 2.05) is 19.1 Å². The van der Waals surface area contributed by atoms with Gasteiger partial charge in [0.25, 0.3) is 15.9 Å². The SMILES string of the molecule is Cc1ccccc1N(Cc1ccc(C(=O)N[C@H](C)CO)cc1)S(=O)(=O)c1ccc(Cl)cc1. The van der Waals surface area contributed by atoms with Gasteiger partial charge in [0.15, 0.2) is 0 Å². The van der Waals surface area contributed by atoms with Gasteiger partial charge >= 0.3 is 0 Å². The number of nitrogens with one attached hydrogen (secondary N) is 1. The zero-order valence-electron chi connectivity index (χ0n) is 17.8. The average Bonchev–Trinajstić information content (AvgIpc) is 2.78. The number of aliphatic hydroxyl groups excluding tert-OH is 1. The summed E-state index contributed by atoms with van der Waals surface area (Å²) < 4.78 is 28.4. The van der Waals surface area contributed by atoms with Crippen LogP contribution in [0.4, 0.5) is 5.69 Å². The van der Waals surface area contributed by atoms with Gasteiger partial charge in [-0.3, -0.25) is 9.10 Å². The molecular formula is C24H25ClN2O4S. The highest BCUT2D eigenvalue weighted by molar-refractivity contribution is 7.92. The maximum atomic E-state index is 13.5. The third kappa shape index (κ3) is 5.48. The zero-order valence-corrected chi connectivity index (χ0v) is 19.4. The van der Waals surface area contributed by atoms with E-state index >= 15 is 0 Å². The molecule has 0 spiro atoms. The smallest absolute Gasteiger partial charge is 0.264 e. The van der Waals surface area contributed by atoms with Crippen LogP contribution in [0.1, 0.15) is 28.4 Å². The number of hydrogen-bond donors (Lipinski definition) is 2. The molecule has 0 saturated heterocycles. The molecule has 2 N–H and O–H groups in total. The maximum absolute atomic E-state index is 13.5. The molecule has 3 aromatic rings. The second kappa shape index (κ2) is 10.2. The molecule has 0 aromatic heterocycles. The highest BCUT2D eigenvalue weighted by Gasteiger charge is 2.26. The van der Waals surface area contributed by atoms with E-state index in [4.69, 9.17) is 16.7 Å². The summed E-state index contributed by atoms with van der Waals surface area (Å²) in [5, 5.41) is 12.2. The Morgan fingerprint density at radius 2 is 1.66 bits per heavy atom. The Balaban J connectivity index is 1.94. The summed E-state index contributed by atoms with van der Waals surface area (Å²) in [5.74, 6) is -0.303. The summed E-state index contributed by atoms with van der Waals surface area (Å²) in [6.07, 6.45) is 0. The van der Waals surface area contributed by atoms with E-state index in [1.165, 1.54) is 16.4 Å². The van der Waals surface area contributed by atoms with Crippen LogP contribution in [-0.4, -0.2) is 32.1 Å². The standard InChI is InChI=1S/C24H25ClN2O4S/c1-17-5-3-4-6-23(17)27(32(30,31)22-13-11-21(25)12-14-22)15-19-7-9-20(10-8-19)24(29)26-18(2)16-28/h3-14,18,28H,15-16H2,1-2H3,(H,26,29)/t18-/m1/s1. The van der Waals surface area contributed by atoms with Crippen molar-refractivity contribution in [2.45, 2.75) is 31.3 Å². The van der Waals surface area contributed by atoms with Crippen molar-refractivity contribution >= 4 is 33.2 Å². The largest absolute Gasteiger partial charge is 0.394 e. The van der Waals surface area contributed by atoms with Crippen LogP contribution in [0.25, 0.3) is 0 Å². The normalized spacial score (nSPS) is 12.2. The van der Waals surface area contributed by atoms with Gasteiger partial charge in [-0.05, 0) is 67.4 Å². The molecule has 0 saturated carbocycles. The molecule has 0 fully saturated rings. The molecule has 0 bridgehead atoms. The summed E-state index contributed by atoms with van der Waals surface area (Å²) >= 11 is 5.94. The van der Waals surface area contributed by atoms with Gasteiger partial charge in [0.05, 0.1) is 23.7 Å². The maximum Gasteiger partial charge on any atom is 0.264 e. The van der Waals surface area contributed by atoms with Gasteiger partial charge in [0.1, 0.15) is 0 Å². The quantitative estimate of drug-likeness (QED) is 0.515. The number of amides is 1. The van der Waals surface area contributed by atoms with Crippen LogP contribution in [-0.2, 0) is 16.6 Å². The van der Waals surface area contributed by atoms with Crippen LogP contribution in [0.5, 0.6) is 0 Å². The Morgan fingerprint density at radius 1 is 1.03 bits per heavy atom. The van der Waals surface area contributed by atoms with Crippen molar-refractivity contribution in [3.8, 4) is 0 Å². The van der Waals surface area contributed by atoms with Crippen molar-refractivity contribution in [1.82, 2.24) is 5.32 Å². The van der Waals surface area contributed by atoms with Gasteiger partial charge in [0, 0.05) is 16.6 Å². The van der Waals surface area contributed by atoms with E-state index in [2.05, 4.69) is 5.32 Å². The fourth-order valence-electron chi connectivity index (χ4n) is 3.16. The minimum absolute atomic E-state index is 0.0881. The molecule has 0 aliphatic heterocycles. The van der Waals surface area contributed by atoms with Crippen molar-refractivity contribution < 1.29 is 18.3 Å². The summed E-state index contributed by atoms with van der Waals surface area (Å²) in [4.78, 5) is 12.4. The molecule has 1 amide bonds. The Kier molecular flexibility index (Phi) is 7.56. The van der Waals surface area contributed by atoms with E-state index in [0.29, 0.717) is 16.3 Å². The molecule has 3 aromatic carbocycles. The first-order valence-electron chi connectivity index (χ1n) is 10.1. The molecule has 0 aliphatic rings. The van der Waals surface area contributed by atoms with Crippen molar-refractivity contribution in [2.75, 3.05) is 10.9 Å². The molecule has 3 rings (SSSR count). The van der Waals surface area contributed by atoms with Gasteiger partial charge in [-0.25, -0.2) is 8.42 Å². The van der Waals surface area contributed by atoms with Crippen molar-refractivity contribution in [2.24, 2.45) is 0 Å². The van der Waals surface area contributed by atoms with Crippen molar-refractivity contribution in [3.63, 3.8) is 0 Å². The Morgan fingerprint density at radius 3 is 2.25 bits per heavy atom. The van der Waals surface area contributed by atoms with Gasteiger partial charge in [0.2, 0.25) is 0 Å². The molecule has 1 atom stereocenters. The lowest BCUT2D eigenvalue weighted by atomic mass is 10.1. The number of halogens is 1. The monoisotopic (exact) mass is 472 g/mol. The number of rotatable bonds is 8. The van der Waals surface area contributed by atoms with E-state index in [-0.39, 0.29) is 30.0 Å². The molecule has 0 unspecified atom stereocenters. The second-order valence-electron chi connectivity index (χ2n) is 7.51. The summed E-state index contributed by atoms with van der Waals surface area (Å²) in [6, 6.07) is 19.7. The van der Waals surface area contributed by atoms with Crippen molar-refractivity contribution in [3.05, 3.63) is 94.5 Å². The first-order chi connectivity index (χ1) is 15.2. The first-order valence-corrected chi connectivity index (χ1v) is 11.9. The molecular weight excluding hydrogens is 448 g/mol. The second-order valence-corrected chi connectivity index (χ2v) is 9.80. The van der Waals surface area contributed by atoms with Crippen LogP contribution >= 0.6 is 11.6 Å². The van der Waals surface area contributed by atoms with Crippen molar-refractivity contribution in [1.29, 1.82) is 0 Å². The van der Waals surface area contributed by atoms with Crippen LogP contribution in [0.15, 0.2) is 77.7 Å². The third-order valence-corrected chi connectivity index (χ3v) is 7.01. The van der Waals surface area contributed by atoms with Crippen LogP contribution in [0.2, 0.25) is 5.02 Å². The summed E-state index contributed by atoms with van der Waals surface area (Å²) in [6.45, 7) is 3.49. The molecule has 8 heteroatoms. The van der Waals surface area contributed by atoms with Gasteiger partial charge in [-0.2, -0.15) is 0 Å². The zero-order chi connectivity index (χ0) is 23.3. The van der Waals surface area contributed by atoms with Gasteiger partial charge < -0.3 is 10.4 Å². The van der Waals surface area contributed by atoms with Crippen LogP contribution in [0, 0.1) is 6.92 Å². The first kappa shape index (κ1) is 23.8. The lowest BCUT2D eigenvalue weighted by Gasteiger charge is -2.26. The molecule has 0 aliphatic carbocycles. The van der Waals surface area contributed by atoms with Gasteiger partial charge in [-0.15, -0.1) is 0 Å². The number of hydrogen-bond acceptors (Lipinski definition) is 4. The lowest BCUT2D eigenvalue weighted by molar-refractivity contribution is 0.0922. The Labute approximate surface area is 193 Å². The predicted molar refractivity (Wildman–Crippen MR) is 126 cm³/mol. The van der Waals surface area contributed by atoms with Gasteiger partial charge in [-0.1, -0.05) is 41.9 Å². The Bertz CT molecular complexity index is 1180. The molecule has 168 valence electrons. The number of carbonyl (C=O) groups is 1.